The minimum atomic E-state index is 0.723. The Kier molecular flexibility index (Phi) is 14.8. The molecule has 0 bridgehead atoms. The van der Waals surface area contributed by atoms with Gasteiger partial charge in [0.15, 0.2) is 0 Å². The van der Waals surface area contributed by atoms with Crippen LogP contribution in [-0.2, 0) is 0 Å². The molecule has 0 atom stereocenters. The summed E-state index contributed by atoms with van der Waals surface area (Å²) in [5, 5.41) is 0.723. The fourth-order valence-corrected chi connectivity index (χ4v) is 5.26. The maximum atomic E-state index is 7.07. The molecule has 3 aromatic carbocycles. The van der Waals surface area contributed by atoms with Gasteiger partial charge in [-0.05, 0) is 106 Å². The van der Waals surface area contributed by atoms with Gasteiger partial charge in [-0.2, -0.15) is 0 Å². The summed E-state index contributed by atoms with van der Waals surface area (Å²) in [6.45, 7) is 17.0. The molecule has 0 heterocycles. The molecule has 0 fully saturated rings. The number of hydrogen-bond donors (Lipinski definition) is 0. The molecule has 3 rings (SSSR count). The molecular weight excluding hydrogens is 528 g/mol. The van der Waals surface area contributed by atoms with Crippen molar-refractivity contribution in [3.8, 4) is 11.5 Å². The standard InChI is InChI=1S/C36H49ClN2O2/c1-5-38(6-2)26-12-14-28-40-33-22-18-30(19-23-33)35(36(37)32-16-10-9-11-17-32)31-20-24-34(25-21-31)41-29-15-13-27-39(7-3)8-4/h9-11,16-25H,5-8,12-15,26-29H2,1-4H3. The molecule has 0 aliphatic carbocycles. The summed E-state index contributed by atoms with van der Waals surface area (Å²) >= 11 is 7.07. The van der Waals surface area contributed by atoms with Crippen LogP contribution in [0.3, 0.4) is 0 Å². The topological polar surface area (TPSA) is 24.9 Å². The number of ether oxygens (including phenoxy) is 2. The summed E-state index contributed by atoms with van der Waals surface area (Å²) in [6.07, 6.45) is 4.39. The van der Waals surface area contributed by atoms with Crippen molar-refractivity contribution in [1.29, 1.82) is 0 Å². The molecule has 0 radical (unpaired) electrons. The van der Waals surface area contributed by atoms with Crippen LogP contribution in [0.5, 0.6) is 11.5 Å². The van der Waals surface area contributed by atoms with E-state index in [9.17, 15) is 0 Å². The lowest BCUT2D eigenvalue weighted by Crippen LogP contribution is -2.24. The van der Waals surface area contributed by atoms with Crippen LogP contribution in [0.2, 0.25) is 0 Å². The number of benzene rings is 3. The van der Waals surface area contributed by atoms with Crippen LogP contribution in [0, 0.1) is 0 Å². The van der Waals surface area contributed by atoms with E-state index in [1.54, 1.807) is 0 Å². The van der Waals surface area contributed by atoms with Gasteiger partial charge in [-0.1, -0.05) is 93.9 Å². The third-order valence-corrected chi connectivity index (χ3v) is 8.00. The van der Waals surface area contributed by atoms with Crippen molar-refractivity contribution in [3.05, 3.63) is 95.6 Å². The molecule has 4 nitrogen and oxygen atoms in total. The summed E-state index contributed by atoms with van der Waals surface area (Å²) in [5.41, 5.74) is 4.09. The molecule has 0 amide bonds. The molecule has 0 saturated heterocycles. The molecule has 3 aromatic rings. The zero-order valence-electron chi connectivity index (χ0n) is 25.6. The van der Waals surface area contributed by atoms with Gasteiger partial charge in [0.1, 0.15) is 11.5 Å². The average Bonchev–Trinajstić information content (AvgIpc) is 3.02. The van der Waals surface area contributed by atoms with E-state index in [-0.39, 0.29) is 0 Å². The average molecular weight is 577 g/mol. The molecule has 0 unspecified atom stereocenters. The molecule has 41 heavy (non-hydrogen) atoms. The molecule has 0 N–H and O–H groups in total. The van der Waals surface area contributed by atoms with Crippen LogP contribution in [0.1, 0.15) is 70.1 Å². The van der Waals surface area contributed by atoms with Crippen LogP contribution in [0.15, 0.2) is 78.9 Å². The minimum Gasteiger partial charge on any atom is -0.494 e. The highest BCUT2D eigenvalue weighted by Gasteiger charge is 2.13. The van der Waals surface area contributed by atoms with Crippen LogP contribution >= 0.6 is 11.6 Å². The van der Waals surface area contributed by atoms with E-state index in [0.29, 0.717) is 0 Å². The van der Waals surface area contributed by atoms with E-state index in [2.05, 4.69) is 61.8 Å². The van der Waals surface area contributed by atoms with Gasteiger partial charge in [-0.25, -0.2) is 0 Å². The molecule has 222 valence electrons. The van der Waals surface area contributed by atoms with Crippen molar-refractivity contribution in [2.45, 2.75) is 53.4 Å². The first-order valence-corrected chi connectivity index (χ1v) is 15.8. The first-order chi connectivity index (χ1) is 20.1. The maximum Gasteiger partial charge on any atom is 0.119 e. The Labute approximate surface area is 253 Å². The van der Waals surface area contributed by atoms with E-state index in [1.165, 1.54) is 0 Å². The fraction of sp³-hybridized carbons (Fsp3) is 0.444. The first-order valence-electron chi connectivity index (χ1n) is 15.5. The van der Waals surface area contributed by atoms with Crippen LogP contribution in [0.4, 0.5) is 0 Å². The lowest BCUT2D eigenvalue weighted by atomic mass is 9.95. The lowest BCUT2D eigenvalue weighted by Gasteiger charge is -2.17. The van der Waals surface area contributed by atoms with Gasteiger partial charge in [-0.15, -0.1) is 0 Å². The fourth-order valence-electron chi connectivity index (χ4n) is 4.92. The second-order valence-corrected chi connectivity index (χ2v) is 10.6. The number of nitrogens with zero attached hydrogens (tertiary/aromatic N) is 2. The maximum absolute atomic E-state index is 7.07. The Hall–Kier alpha value is -2.79. The molecular formula is C36H49ClN2O2. The largest absolute Gasteiger partial charge is 0.494 e. The lowest BCUT2D eigenvalue weighted by molar-refractivity contribution is 0.266. The minimum absolute atomic E-state index is 0.723. The van der Waals surface area contributed by atoms with Gasteiger partial charge >= 0.3 is 0 Å². The van der Waals surface area contributed by atoms with Crippen LogP contribution in [-0.4, -0.2) is 62.3 Å². The van der Waals surface area contributed by atoms with Gasteiger partial charge < -0.3 is 19.3 Å². The summed E-state index contributed by atoms with van der Waals surface area (Å²) in [4.78, 5) is 4.90. The predicted molar refractivity (Wildman–Crippen MR) is 176 cm³/mol. The number of halogens is 1. The Bertz CT molecular complexity index is 1070. The number of hydrogen-bond acceptors (Lipinski definition) is 4. The summed E-state index contributed by atoms with van der Waals surface area (Å²) in [6, 6.07) is 26.7. The van der Waals surface area contributed by atoms with Crippen molar-refractivity contribution in [3.63, 3.8) is 0 Å². The molecule has 0 spiro atoms. The highest BCUT2D eigenvalue weighted by Crippen LogP contribution is 2.36. The Morgan fingerprint density at radius 2 is 0.951 bits per heavy atom. The molecule has 0 aliphatic rings. The Balaban J connectivity index is 1.67. The van der Waals surface area contributed by atoms with Crippen molar-refractivity contribution in [1.82, 2.24) is 9.80 Å². The molecule has 0 saturated carbocycles. The van der Waals surface area contributed by atoms with E-state index < -0.39 is 0 Å². The first kappa shape index (κ1) is 32.7. The number of rotatable bonds is 19. The third kappa shape index (κ3) is 10.8. The van der Waals surface area contributed by atoms with Gasteiger partial charge in [0, 0.05) is 5.57 Å². The van der Waals surface area contributed by atoms with Gasteiger partial charge in [0.05, 0.1) is 18.2 Å². The highest BCUT2D eigenvalue weighted by molar-refractivity contribution is 6.53. The highest BCUT2D eigenvalue weighted by atomic mass is 35.5. The van der Waals surface area contributed by atoms with E-state index in [4.69, 9.17) is 21.1 Å². The zero-order valence-corrected chi connectivity index (χ0v) is 26.3. The second kappa shape index (κ2) is 18.6. The second-order valence-electron chi connectivity index (χ2n) is 10.3. The van der Waals surface area contributed by atoms with Crippen LogP contribution in [0.25, 0.3) is 10.6 Å². The van der Waals surface area contributed by atoms with Crippen molar-refractivity contribution in [2.75, 3.05) is 52.5 Å². The third-order valence-electron chi connectivity index (χ3n) is 7.60. The monoisotopic (exact) mass is 576 g/mol. The van der Waals surface area contributed by atoms with Crippen molar-refractivity contribution < 1.29 is 9.47 Å². The Morgan fingerprint density at radius 1 is 0.537 bits per heavy atom. The smallest absolute Gasteiger partial charge is 0.119 e. The van der Waals surface area contributed by atoms with E-state index >= 15 is 0 Å². The molecule has 0 aliphatic heterocycles. The van der Waals surface area contributed by atoms with E-state index in [0.717, 1.165) is 117 Å². The Morgan fingerprint density at radius 3 is 1.34 bits per heavy atom. The predicted octanol–water partition coefficient (Wildman–Crippen LogP) is 8.84. The van der Waals surface area contributed by atoms with Crippen molar-refractivity contribution >= 4 is 22.2 Å². The van der Waals surface area contributed by atoms with E-state index in [1.807, 2.05) is 54.6 Å². The normalized spacial score (nSPS) is 11.2. The quantitative estimate of drug-likeness (QED) is 0.105. The SMILES string of the molecule is CCN(CC)CCCCOc1ccc(C(=C(Cl)c2ccccc2)c2ccc(OCCCCN(CC)CC)cc2)cc1. The van der Waals surface area contributed by atoms with Gasteiger partial charge in [0.25, 0.3) is 0 Å². The van der Waals surface area contributed by atoms with Gasteiger partial charge in [-0.3, -0.25) is 0 Å². The molecule has 0 aromatic heterocycles. The van der Waals surface area contributed by atoms with Gasteiger partial charge in [0.2, 0.25) is 0 Å². The summed E-state index contributed by atoms with van der Waals surface area (Å²) in [7, 11) is 0. The summed E-state index contributed by atoms with van der Waals surface area (Å²) < 4.78 is 12.1. The van der Waals surface area contributed by atoms with Crippen molar-refractivity contribution in [2.24, 2.45) is 0 Å². The zero-order chi connectivity index (χ0) is 29.3. The summed E-state index contributed by atoms with van der Waals surface area (Å²) in [5.74, 6) is 1.77. The van der Waals surface area contributed by atoms with Crippen LogP contribution < -0.4 is 9.47 Å². The molecule has 5 heteroatoms. The number of unbranched alkanes of at least 4 members (excludes halogenated alkanes) is 2.